The Hall–Kier alpha value is -2.51. The van der Waals surface area contributed by atoms with Crippen molar-refractivity contribution in [2.75, 3.05) is 20.2 Å². The van der Waals surface area contributed by atoms with Gasteiger partial charge in [0.25, 0.3) is 0 Å². The number of benzene rings is 2. The van der Waals surface area contributed by atoms with E-state index in [-0.39, 0.29) is 23.8 Å². The van der Waals surface area contributed by atoms with Crippen LogP contribution in [-0.2, 0) is 25.0 Å². The van der Waals surface area contributed by atoms with Crippen molar-refractivity contribution in [3.8, 4) is 0 Å². The number of rotatable bonds is 4. The summed E-state index contributed by atoms with van der Waals surface area (Å²) >= 11 is 0. The molecule has 2 atom stereocenters. The molecule has 0 amide bonds. The molecule has 2 aromatic rings. The Balaban J connectivity index is 1.66. The van der Waals surface area contributed by atoms with Crippen LogP contribution in [0, 0.1) is 19.3 Å². The number of nitrogens with zero attached hydrogens (tertiary/aromatic N) is 1. The van der Waals surface area contributed by atoms with Gasteiger partial charge >= 0.3 is 5.97 Å². The summed E-state index contributed by atoms with van der Waals surface area (Å²) in [4.78, 5) is 25.4. The summed E-state index contributed by atoms with van der Waals surface area (Å²) in [6, 6.07) is 11.9. The molecule has 0 unspecified atom stereocenters. The fourth-order valence-electron chi connectivity index (χ4n) is 4.89. The number of hydrogen-bond acceptors (Lipinski definition) is 5. The smallest absolute Gasteiger partial charge is 0.337 e. The molecule has 0 aromatic heterocycles. The van der Waals surface area contributed by atoms with Gasteiger partial charge in [0.1, 0.15) is 0 Å². The lowest BCUT2D eigenvalue weighted by Gasteiger charge is -2.35. The minimum Gasteiger partial charge on any atom is -0.465 e. The van der Waals surface area contributed by atoms with Crippen molar-refractivity contribution in [3.63, 3.8) is 0 Å². The van der Waals surface area contributed by atoms with Crippen LogP contribution in [-0.4, -0.2) is 44.7 Å². The van der Waals surface area contributed by atoms with Crippen molar-refractivity contribution >= 4 is 21.8 Å². The zero-order valence-corrected chi connectivity index (χ0v) is 18.4. The quantitative estimate of drug-likeness (QED) is 0.701. The lowest BCUT2D eigenvalue weighted by atomic mass is 9.79. The van der Waals surface area contributed by atoms with Crippen LogP contribution >= 0.6 is 0 Å². The first-order valence-electron chi connectivity index (χ1n) is 9.85. The van der Waals surface area contributed by atoms with Crippen LogP contribution in [0.25, 0.3) is 0 Å². The van der Waals surface area contributed by atoms with Crippen LogP contribution in [0.2, 0.25) is 0 Å². The van der Waals surface area contributed by atoms with Crippen LogP contribution in [0.1, 0.15) is 40.4 Å². The molecule has 1 heterocycles. The Bertz CT molecular complexity index is 1150. The molecule has 2 aliphatic rings. The molecule has 1 aliphatic carbocycles. The molecule has 4 rings (SSSR count). The van der Waals surface area contributed by atoms with Crippen LogP contribution in [0.5, 0.6) is 0 Å². The van der Waals surface area contributed by atoms with Crippen molar-refractivity contribution in [3.05, 3.63) is 64.7 Å². The largest absolute Gasteiger partial charge is 0.465 e. The average Bonchev–Trinajstić information content (AvgIpc) is 3.35. The molecule has 1 saturated carbocycles. The molecule has 2 fully saturated rings. The maximum absolute atomic E-state index is 13.3. The SMILES string of the molecule is COC(=O)c1ccc([C@]23C[C@@]2(C)CN(S(=O)(=O)c2ccc(C)cc2)CC3=O)c(C)c1. The van der Waals surface area contributed by atoms with Crippen LogP contribution in [0.3, 0.4) is 0 Å². The summed E-state index contributed by atoms with van der Waals surface area (Å²) in [5, 5.41) is 0. The molecule has 2 aromatic carbocycles. The van der Waals surface area contributed by atoms with E-state index in [1.807, 2.05) is 26.8 Å². The minimum atomic E-state index is -3.75. The number of esters is 1. The van der Waals surface area contributed by atoms with Crippen LogP contribution < -0.4 is 0 Å². The van der Waals surface area contributed by atoms with E-state index in [0.717, 1.165) is 16.7 Å². The summed E-state index contributed by atoms with van der Waals surface area (Å²) in [6.07, 6.45) is 0.594. The van der Waals surface area contributed by atoms with Gasteiger partial charge in [0.15, 0.2) is 5.78 Å². The van der Waals surface area contributed by atoms with Crippen molar-refractivity contribution < 1.29 is 22.7 Å². The number of aryl methyl sites for hydroxylation is 2. The minimum absolute atomic E-state index is 0.0964. The summed E-state index contributed by atoms with van der Waals surface area (Å²) in [5.74, 6) is -0.521. The number of fused-ring (bicyclic) bond motifs is 1. The summed E-state index contributed by atoms with van der Waals surface area (Å²) in [7, 11) is -2.42. The fourth-order valence-corrected chi connectivity index (χ4v) is 6.41. The number of carbonyl (C=O) groups excluding carboxylic acids is 2. The van der Waals surface area contributed by atoms with Gasteiger partial charge < -0.3 is 4.74 Å². The fraction of sp³-hybridized carbons (Fsp3) is 0.391. The van der Waals surface area contributed by atoms with E-state index in [1.54, 1.807) is 36.4 Å². The van der Waals surface area contributed by atoms with Gasteiger partial charge in [-0.05, 0) is 61.1 Å². The first-order valence-corrected chi connectivity index (χ1v) is 11.3. The second-order valence-electron chi connectivity index (χ2n) is 8.67. The van der Waals surface area contributed by atoms with E-state index in [0.29, 0.717) is 12.0 Å². The molecule has 0 spiro atoms. The zero-order valence-electron chi connectivity index (χ0n) is 17.6. The number of ether oxygens (including phenoxy) is 1. The molecule has 1 saturated heterocycles. The van der Waals surface area contributed by atoms with E-state index >= 15 is 0 Å². The Kier molecular flexibility index (Phi) is 4.67. The average molecular weight is 428 g/mol. The van der Waals surface area contributed by atoms with E-state index in [1.165, 1.54) is 11.4 Å². The highest BCUT2D eigenvalue weighted by molar-refractivity contribution is 7.89. The molecule has 1 aliphatic heterocycles. The van der Waals surface area contributed by atoms with E-state index < -0.39 is 26.8 Å². The van der Waals surface area contributed by atoms with Gasteiger partial charge in [-0.2, -0.15) is 4.31 Å². The molecule has 158 valence electrons. The van der Waals surface area contributed by atoms with Gasteiger partial charge in [0.05, 0.1) is 29.5 Å². The predicted octanol–water partition coefficient (Wildman–Crippen LogP) is 3.01. The van der Waals surface area contributed by atoms with E-state index in [4.69, 9.17) is 4.74 Å². The number of Topliss-reactive ketones (excluding diaryl/α,β-unsaturated/α-hetero) is 1. The van der Waals surface area contributed by atoms with Crippen LogP contribution in [0.4, 0.5) is 0 Å². The second-order valence-corrected chi connectivity index (χ2v) is 10.6. The lowest BCUT2D eigenvalue weighted by Crippen LogP contribution is -2.50. The van der Waals surface area contributed by atoms with Crippen molar-refractivity contribution in [2.24, 2.45) is 5.41 Å². The third-order valence-electron chi connectivity index (χ3n) is 6.65. The lowest BCUT2D eigenvalue weighted by molar-refractivity contribution is -0.124. The predicted molar refractivity (Wildman–Crippen MR) is 112 cm³/mol. The number of carbonyl (C=O) groups is 2. The number of piperidine rings is 1. The van der Waals surface area contributed by atoms with E-state index in [2.05, 4.69) is 0 Å². The molecular formula is C23H25NO5S. The molecule has 0 N–H and O–H groups in total. The summed E-state index contributed by atoms with van der Waals surface area (Å²) in [6.45, 7) is 5.87. The molecule has 0 radical (unpaired) electrons. The molecule has 7 heteroatoms. The number of methoxy groups -OCH3 is 1. The molecule has 0 bridgehead atoms. The number of sulfonamides is 1. The van der Waals surface area contributed by atoms with Gasteiger partial charge in [-0.15, -0.1) is 0 Å². The Labute approximate surface area is 176 Å². The van der Waals surface area contributed by atoms with Crippen molar-refractivity contribution in [1.29, 1.82) is 0 Å². The normalized spacial score (nSPS) is 26.2. The molecular weight excluding hydrogens is 402 g/mol. The van der Waals surface area contributed by atoms with Crippen molar-refractivity contribution in [2.45, 2.75) is 37.5 Å². The number of ketones is 1. The third-order valence-corrected chi connectivity index (χ3v) is 8.45. The first kappa shape index (κ1) is 20.8. The highest BCUT2D eigenvalue weighted by Crippen LogP contribution is 2.67. The van der Waals surface area contributed by atoms with Gasteiger partial charge in [-0.3, -0.25) is 4.79 Å². The summed E-state index contributed by atoms with van der Waals surface area (Å²) in [5.41, 5.74) is 1.94. The second kappa shape index (κ2) is 6.75. The monoisotopic (exact) mass is 427 g/mol. The Morgan fingerprint density at radius 3 is 2.33 bits per heavy atom. The van der Waals surface area contributed by atoms with Gasteiger partial charge in [-0.25, -0.2) is 13.2 Å². The standard InChI is InChI=1S/C23H25NO5S/c1-15-5-8-18(9-6-15)30(27,28)24-12-20(25)23(13-22(23,3)14-24)19-10-7-17(11-16(19)2)21(26)29-4/h5-11H,12-14H2,1-4H3/t22-,23-/m0/s1. The zero-order chi connectivity index (χ0) is 21.9. The van der Waals surface area contributed by atoms with Gasteiger partial charge in [0.2, 0.25) is 10.0 Å². The van der Waals surface area contributed by atoms with Gasteiger partial charge in [0, 0.05) is 6.54 Å². The van der Waals surface area contributed by atoms with Gasteiger partial charge in [-0.1, -0.05) is 30.7 Å². The Morgan fingerprint density at radius 1 is 1.10 bits per heavy atom. The first-order chi connectivity index (χ1) is 14.0. The summed E-state index contributed by atoms with van der Waals surface area (Å²) < 4.78 is 32.4. The Morgan fingerprint density at radius 2 is 1.77 bits per heavy atom. The van der Waals surface area contributed by atoms with Crippen LogP contribution in [0.15, 0.2) is 47.4 Å². The topological polar surface area (TPSA) is 80.8 Å². The molecule has 30 heavy (non-hydrogen) atoms. The molecule has 6 nitrogen and oxygen atoms in total. The van der Waals surface area contributed by atoms with E-state index in [9.17, 15) is 18.0 Å². The maximum Gasteiger partial charge on any atom is 0.337 e. The highest BCUT2D eigenvalue weighted by atomic mass is 32.2. The highest BCUT2D eigenvalue weighted by Gasteiger charge is 2.72. The maximum atomic E-state index is 13.3. The van der Waals surface area contributed by atoms with Crippen molar-refractivity contribution in [1.82, 2.24) is 4.31 Å². The number of hydrogen-bond donors (Lipinski definition) is 0. The third kappa shape index (κ3) is 2.91.